The lowest BCUT2D eigenvalue weighted by molar-refractivity contribution is -0.134. The maximum Gasteiger partial charge on any atom is 0.336 e. The van der Waals surface area contributed by atoms with Crippen LogP contribution in [0.5, 0.6) is 0 Å². The molecule has 9 nitrogen and oxygen atoms in total. The number of aromatic nitrogens is 2. The highest BCUT2D eigenvalue weighted by Crippen LogP contribution is 2.36. The number of likely N-dealkylation sites (N-methyl/N-ethyl adjacent to an activating group) is 1. The van der Waals surface area contributed by atoms with Gasteiger partial charge < -0.3 is 15.5 Å². The van der Waals surface area contributed by atoms with Gasteiger partial charge in [-0.3, -0.25) is 23.5 Å². The fraction of sp³-hybridized carbons (Fsp3) is 0.357. The van der Waals surface area contributed by atoms with Gasteiger partial charge in [-0.1, -0.05) is 6.07 Å². The minimum atomic E-state index is -1.04. The number of carbonyl (C=O) groups is 2. The molecule has 0 radical (unpaired) electrons. The number of carbonyl (C=O) groups excluding carboxylic acids is 2. The van der Waals surface area contributed by atoms with Gasteiger partial charge in [-0.25, -0.2) is 9.18 Å². The van der Waals surface area contributed by atoms with Gasteiger partial charge in [0.2, 0.25) is 5.91 Å². The van der Waals surface area contributed by atoms with Gasteiger partial charge in [0.25, 0.3) is 11.5 Å². The molecule has 1 aliphatic heterocycles. The van der Waals surface area contributed by atoms with E-state index in [4.69, 9.17) is 0 Å². The van der Waals surface area contributed by atoms with Crippen molar-refractivity contribution in [1.82, 2.24) is 19.4 Å². The van der Waals surface area contributed by atoms with Crippen LogP contribution in [0.25, 0.3) is 5.69 Å². The lowest BCUT2D eigenvalue weighted by Crippen LogP contribution is -2.53. The predicted octanol–water partition coefficient (Wildman–Crippen LogP) is 3.90. The van der Waals surface area contributed by atoms with Crippen LogP contribution in [0.4, 0.5) is 10.1 Å². The molecule has 1 aliphatic carbocycles. The average Bonchev–Trinajstić information content (AvgIpc) is 3.70. The van der Waals surface area contributed by atoms with E-state index in [1.807, 2.05) is 22.6 Å². The molecule has 2 aromatic carbocycles. The van der Waals surface area contributed by atoms with Crippen molar-refractivity contribution in [1.29, 1.82) is 0 Å². The van der Waals surface area contributed by atoms with Gasteiger partial charge in [-0.05, 0) is 92.6 Å². The summed E-state index contributed by atoms with van der Waals surface area (Å²) in [6, 6.07) is 10.8. The Bertz CT molecular complexity index is 1610. The first-order valence-electron chi connectivity index (χ1n) is 12.8. The molecule has 39 heavy (non-hydrogen) atoms. The summed E-state index contributed by atoms with van der Waals surface area (Å²) >= 11 is 2.00. The van der Waals surface area contributed by atoms with Gasteiger partial charge >= 0.3 is 5.69 Å². The Hall–Kier alpha value is -3.48. The molecule has 1 saturated carbocycles. The second-order valence-corrected chi connectivity index (χ2v) is 11.6. The van der Waals surface area contributed by atoms with Gasteiger partial charge in [-0.2, -0.15) is 0 Å². The summed E-state index contributed by atoms with van der Waals surface area (Å²) in [5.41, 5.74) is 0.0576. The highest BCUT2D eigenvalue weighted by atomic mass is 127. The first kappa shape index (κ1) is 27.1. The number of rotatable bonds is 6. The van der Waals surface area contributed by atoms with Crippen molar-refractivity contribution in [2.45, 2.75) is 57.8 Å². The molecule has 3 aromatic rings. The molecule has 5 rings (SSSR count). The summed E-state index contributed by atoms with van der Waals surface area (Å²) in [4.78, 5) is 55.4. The van der Waals surface area contributed by atoms with Crippen molar-refractivity contribution < 1.29 is 14.0 Å². The van der Waals surface area contributed by atoms with E-state index in [1.165, 1.54) is 15.5 Å². The first-order chi connectivity index (χ1) is 18.5. The lowest BCUT2D eigenvalue weighted by atomic mass is 9.92. The van der Waals surface area contributed by atoms with Crippen molar-refractivity contribution in [3.8, 4) is 5.69 Å². The Morgan fingerprint density at radius 3 is 2.46 bits per heavy atom. The molecule has 1 aromatic heterocycles. The molecule has 0 saturated heterocycles. The van der Waals surface area contributed by atoms with E-state index in [2.05, 4.69) is 10.6 Å². The molecule has 0 bridgehead atoms. The number of anilines is 1. The number of hydrogen-bond acceptors (Lipinski definition) is 5. The zero-order chi connectivity index (χ0) is 28.2. The number of nitrogens with zero attached hydrogens (tertiary/aromatic N) is 3. The molecule has 2 heterocycles. The van der Waals surface area contributed by atoms with Gasteiger partial charge in [-0.15, -0.1) is 0 Å². The van der Waals surface area contributed by atoms with E-state index >= 15 is 0 Å². The average molecular weight is 645 g/mol. The Kier molecular flexibility index (Phi) is 7.12. The topological polar surface area (TPSA) is 105 Å². The van der Waals surface area contributed by atoms with Gasteiger partial charge in [0.05, 0.1) is 28.6 Å². The van der Waals surface area contributed by atoms with Crippen molar-refractivity contribution in [2.75, 3.05) is 12.4 Å². The monoisotopic (exact) mass is 645 g/mol. The molecule has 2 aliphatic rings. The van der Waals surface area contributed by atoms with Gasteiger partial charge in [0.1, 0.15) is 12.0 Å². The van der Waals surface area contributed by atoms with E-state index in [9.17, 15) is 23.6 Å². The third-order valence-electron chi connectivity index (χ3n) is 7.17. The van der Waals surface area contributed by atoms with Crippen molar-refractivity contribution in [3.05, 3.63) is 89.5 Å². The molecule has 0 spiro atoms. The standard InChI is InChI=1S/C28H29FIN5O4/c1-14(2)34-27(38)22-23(15(3)26(37)33(4)24(22)32-21-11-8-17(30)13-20(21)29)35(28(34)39)19-7-5-6-16(12-19)25(36)31-18-9-10-18/h5-8,11-15,18,24,32H,9-10H2,1-4H3,(H,31,36). The molecular formula is C28H29FIN5O4. The Balaban J connectivity index is 1.75. The Morgan fingerprint density at radius 2 is 1.82 bits per heavy atom. The van der Waals surface area contributed by atoms with E-state index in [0.717, 1.165) is 17.4 Å². The summed E-state index contributed by atoms with van der Waals surface area (Å²) in [5, 5.41) is 5.97. The Morgan fingerprint density at radius 1 is 1.10 bits per heavy atom. The van der Waals surface area contributed by atoms with Crippen molar-refractivity contribution >= 4 is 40.1 Å². The highest BCUT2D eigenvalue weighted by molar-refractivity contribution is 14.1. The largest absolute Gasteiger partial charge is 0.359 e. The fourth-order valence-corrected chi connectivity index (χ4v) is 5.45. The van der Waals surface area contributed by atoms with Gasteiger partial charge in [0.15, 0.2) is 0 Å². The molecule has 2 amide bonds. The normalized spacial score (nSPS) is 18.7. The van der Waals surface area contributed by atoms with E-state index < -0.39 is 35.2 Å². The second kappa shape index (κ2) is 10.2. The zero-order valence-corrected chi connectivity index (χ0v) is 24.2. The summed E-state index contributed by atoms with van der Waals surface area (Å²) in [6.45, 7) is 5.08. The van der Waals surface area contributed by atoms with Crippen molar-refractivity contribution in [3.63, 3.8) is 0 Å². The fourth-order valence-electron chi connectivity index (χ4n) is 5.00. The predicted molar refractivity (Wildman–Crippen MR) is 154 cm³/mol. The third-order valence-corrected chi connectivity index (χ3v) is 7.84. The quantitative estimate of drug-likeness (QED) is 0.396. The minimum Gasteiger partial charge on any atom is -0.359 e. The molecule has 204 valence electrons. The Labute approximate surface area is 238 Å². The smallest absolute Gasteiger partial charge is 0.336 e. The van der Waals surface area contributed by atoms with Crippen LogP contribution in [-0.2, 0) is 4.79 Å². The van der Waals surface area contributed by atoms with Gasteiger partial charge in [0, 0.05) is 28.3 Å². The number of fused-ring (bicyclic) bond motifs is 1. The zero-order valence-electron chi connectivity index (χ0n) is 22.0. The van der Waals surface area contributed by atoms with Crippen LogP contribution >= 0.6 is 22.6 Å². The summed E-state index contributed by atoms with van der Waals surface area (Å²) in [5.74, 6) is -1.98. The highest BCUT2D eigenvalue weighted by Gasteiger charge is 2.41. The molecule has 2 N–H and O–H groups in total. The SMILES string of the molecule is CC1C(=O)N(C)C(Nc2ccc(I)cc2F)c2c1n(-c1cccc(C(=O)NC3CC3)c1)c(=O)n(C(C)C)c2=O. The number of halogens is 2. The molecular weight excluding hydrogens is 616 g/mol. The maximum absolute atomic E-state index is 14.9. The molecule has 1 fully saturated rings. The summed E-state index contributed by atoms with van der Waals surface area (Å²) < 4.78 is 18.0. The van der Waals surface area contributed by atoms with Crippen LogP contribution in [0.15, 0.2) is 52.1 Å². The second-order valence-electron chi connectivity index (χ2n) is 10.3. The van der Waals surface area contributed by atoms with Crippen LogP contribution < -0.4 is 21.9 Å². The van der Waals surface area contributed by atoms with E-state index in [0.29, 0.717) is 14.8 Å². The minimum absolute atomic E-state index is 0.118. The van der Waals surface area contributed by atoms with Crippen LogP contribution in [0.3, 0.4) is 0 Å². The van der Waals surface area contributed by atoms with Crippen LogP contribution in [0.2, 0.25) is 0 Å². The third kappa shape index (κ3) is 4.88. The van der Waals surface area contributed by atoms with Crippen LogP contribution in [0, 0.1) is 9.39 Å². The first-order valence-corrected chi connectivity index (χ1v) is 13.9. The maximum atomic E-state index is 14.9. The van der Waals surface area contributed by atoms with Crippen LogP contribution in [-0.4, -0.2) is 38.9 Å². The number of benzene rings is 2. The molecule has 2 unspecified atom stereocenters. The molecule has 11 heteroatoms. The lowest BCUT2D eigenvalue weighted by Gasteiger charge is -2.39. The molecule has 2 atom stereocenters. The number of amides is 2. The van der Waals surface area contributed by atoms with Crippen molar-refractivity contribution in [2.24, 2.45) is 0 Å². The summed E-state index contributed by atoms with van der Waals surface area (Å²) in [6.07, 6.45) is 0.824. The number of hydrogen-bond donors (Lipinski definition) is 2. The van der Waals surface area contributed by atoms with Crippen LogP contribution in [0.1, 0.15) is 73.4 Å². The number of nitrogens with one attached hydrogen (secondary N) is 2. The van der Waals surface area contributed by atoms with E-state index in [1.54, 1.807) is 64.2 Å². The summed E-state index contributed by atoms with van der Waals surface area (Å²) in [7, 11) is 1.54. The van der Waals surface area contributed by atoms with E-state index in [-0.39, 0.29) is 34.8 Å².